The van der Waals surface area contributed by atoms with E-state index < -0.39 is 10.8 Å². The van der Waals surface area contributed by atoms with Crippen molar-refractivity contribution in [2.45, 2.75) is 13.7 Å². The number of hydrogen-bond acceptors (Lipinski definition) is 6. The van der Waals surface area contributed by atoms with Crippen molar-refractivity contribution in [2.75, 3.05) is 11.9 Å². The Morgan fingerprint density at radius 3 is 2.76 bits per heavy atom. The number of anilines is 1. The van der Waals surface area contributed by atoms with Crippen LogP contribution in [0.1, 0.15) is 17.4 Å². The number of hydrogen-bond donors (Lipinski definition) is 1. The number of nitro benzene ring substituents is 1. The minimum absolute atomic E-state index is 0.0447. The van der Waals surface area contributed by atoms with Crippen molar-refractivity contribution in [3.8, 4) is 11.5 Å². The summed E-state index contributed by atoms with van der Waals surface area (Å²) < 4.78 is 12.2. The van der Waals surface area contributed by atoms with Crippen molar-refractivity contribution in [3.05, 3.63) is 75.6 Å². The average molecular weight is 417 g/mol. The zero-order valence-corrected chi connectivity index (χ0v) is 16.1. The predicted molar refractivity (Wildman–Crippen MR) is 107 cm³/mol. The maximum Gasteiger partial charge on any atom is 0.296 e. The lowest BCUT2D eigenvalue weighted by Gasteiger charge is -2.11. The van der Waals surface area contributed by atoms with Crippen LogP contribution in [-0.2, 0) is 6.73 Å². The summed E-state index contributed by atoms with van der Waals surface area (Å²) in [6.07, 6.45) is 1.43. The van der Waals surface area contributed by atoms with Gasteiger partial charge >= 0.3 is 0 Å². The highest BCUT2D eigenvalue weighted by Crippen LogP contribution is 2.29. The van der Waals surface area contributed by atoms with E-state index in [0.29, 0.717) is 23.1 Å². The van der Waals surface area contributed by atoms with Gasteiger partial charge in [-0.3, -0.25) is 14.9 Å². The zero-order chi connectivity index (χ0) is 20.8. The molecule has 0 fully saturated rings. The van der Waals surface area contributed by atoms with Gasteiger partial charge in [-0.15, -0.1) is 0 Å². The molecular formula is C19H17ClN4O5. The minimum Gasteiger partial charge on any atom is -0.494 e. The Morgan fingerprint density at radius 1 is 1.24 bits per heavy atom. The number of benzene rings is 2. The molecule has 3 aromatic rings. The summed E-state index contributed by atoms with van der Waals surface area (Å²) in [6.45, 7) is 2.08. The van der Waals surface area contributed by atoms with Gasteiger partial charge < -0.3 is 14.8 Å². The van der Waals surface area contributed by atoms with Gasteiger partial charge in [-0.2, -0.15) is 5.10 Å². The summed E-state index contributed by atoms with van der Waals surface area (Å²) in [6, 6.07) is 12.6. The lowest BCUT2D eigenvalue weighted by Crippen LogP contribution is -2.20. The highest BCUT2D eigenvalue weighted by Gasteiger charge is 2.20. The molecule has 29 heavy (non-hydrogen) atoms. The smallest absolute Gasteiger partial charge is 0.296 e. The summed E-state index contributed by atoms with van der Waals surface area (Å²) in [5.41, 5.74) is -0.0638. The van der Waals surface area contributed by atoms with Crippen LogP contribution in [0.15, 0.2) is 54.7 Å². The molecule has 0 saturated heterocycles. The summed E-state index contributed by atoms with van der Waals surface area (Å²) in [5, 5.41) is 18.4. The molecule has 9 nitrogen and oxygen atoms in total. The summed E-state index contributed by atoms with van der Waals surface area (Å²) in [5.74, 6) is 0.214. The van der Waals surface area contributed by atoms with Gasteiger partial charge in [0.05, 0.1) is 22.6 Å². The number of amides is 1. The zero-order valence-electron chi connectivity index (χ0n) is 15.4. The summed E-state index contributed by atoms with van der Waals surface area (Å²) >= 11 is 6.05. The first-order valence-corrected chi connectivity index (χ1v) is 8.99. The fourth-order valence-electron chi connectivity index (χ4n) is 2.53. The lowest BCUT2D eigenvalue weighted by atomic mass is 10.2. The van der Waals surface area contributed by atoms with Gasteiger partial charge in [-0.25, -0.2) is 4.68 Å². The molecule has 0 unspecified atom stereocenters. The third kappa shape index (κ3) is 4.82. The number of halogens is 1. The Kier molecular flexibility index (Phi) is 6.30. The van der Waals surface area contributed by atoms with Gasteiger partial charge in [0.1, 0.15) is 22.9 Å². The molecule has 1 N–H and O–H groups in total. The third-order valence-electron chi connectivity index (χ3n) is 3.85. The van der Waals surface area contributed by atoms with Crippen LogP contribution in [0.25, 0.3) is 0 Å². The van der Waals surface area contributed by atoms with E-state index in [0.717, 1.165) is 0 Å². The van der Waals surface area contributed by atoms with Crippen LogP contribution in [0.5, 0.6) is 11.5 Å². The summed E-state index contributed by atoms with van der Waals surface area (Å²) in [4.78, 5) is 23.4. The third-order valence-corrected chi connectivity index (χ3v) is 4.17. The first-order chi connectivity index (χ1) is 14.0. The molecule has 1 aromatic heterocycles. The Hall–Kier alpha value is -3.59. The van der Waals surface area contributed by atoms with E-state index in [1.165, 1.54) is 29.1 Å². The molecule has 0 radical (unpaired) electrons. The Morgan fingerprint density at radius 2 is 2.03 bits per heavy atom. The van der Waals surface area contributed by atoms with E-state index in [2.05, 4.69) is 10.4 Å². The maximum absolute atomic E-state index is 12.7. The number of aromatic nitrogens is 2. The number of ether oxygens (including phenoxy) is 2. The van der Waals surface area contributed by atoms with E-state index in [1.807, 2.05) is 0 Å². The molecule has 1 amide bonds. The molecule has 150 valence electrons. The van der Waals surface area contributed by atoms with E-state index >= 15 is 0 Å². The largest absolute Gasteiger partial charge is 0.494 e. The van der Waals surface area contributed by atoms with Gasteiger partial charge in [0.2, 0.25) is 0 Å². The molecule has 0 aliphatic carbocycles. The van der Waals surface area contributed by atoms with Crippen LogP contribution >= 0.6 is 11.6 Å². The van der Waals surface area contributed by atoms with Crippen molar-refractivity contribution in [1.82, 2.24) is 9.78 Å². The van der Waals surface area contributed by atoms with Gasteiger partial charge in [0, 0.05) is 6.20 Å². The van der Waals surface area contributed by atoms with Crippen molar-refractivity contribution < 1.29 is 19.2 Å². The molecule has 1 heterocycles. The average Bonchev–Trinajstić information content (AvgIpc) is 3.17. The van der Waals surface area contributed by atoms with Crippen LogP contribution in [0, 0.1) is 10.1 Å². The number of carbonyl (C=O) groups excluding carboxylic acids is 1. The van der Waals surface area contributed by atoms with E-state index in [4.69, 9.17) is 21.1 Å². The standard InChI is InChI=1S/C19H17ClN4O5/c1-2-28-13-7-8-15(17(11-13)24(26)27)22-19(25)16-9-10-21-23(16)12-29-18-6-4-3-5-14(18)20/h3-11H,2,12H2,1H3,(H,22,25). The van der Waals surface area contributed by atoms with Gasteiger partial charge in [0.15, 0.2) is 6.73 Å². The number of carbonyl (C=O) groups is 1. The van der Waals surface area contributed by atoms with Gasteiger partial charge in [0.25, 0.3) is 11.6 Å². The molecule has 0 saturated carbocycles. The molecule has 0 bridgehead atoms. The Balaban J connectivity index is 1.76. The monoisotopic (exact) mass is 416 g/mol. The quantitative estimate of drug-likeness (QED) is 0.436. The van der Waals surface area contributed by atoms with Gasteiger partial charge in [-0.1, -0.05) is 23.7 Å². The molecule has 0 spiro atoms. The van der Waals surface area contributed by atoms with Crippen molar-refractivity contribution in [1.29, 1.82) is 0 Å². The highest BCUT2D eigenvalue weighted by atomic mass is 35.5. The van der Waals surface area contributed by atoms with Crippen molar-refractivity contribution in [2.24, 2.45) is 0 Å². The first kappa shape index (κ1) is 20.2. The second kappa shape index (κ2) is 9.07. The number of rotatable bonds is 8. The summed E-state index contributed by atoms with van der Waals surface area (Å²) in [7, 11) is 0. The second-order valence-corrected chi connectivity index (χ2v) is 6.15. The fourth-order valence-corrected chi connectivity index (χ4v) is 2.72. The molecule has 0 aliphatic rings. The topological polar surface area (TPSA) is 109 Å². The molecule has 0 aliphatic heterocycles. The highest BCUT2D eigenvalue weighted by molar-refractivity contribution is 6.32. The van der Waals surface area contributed by atoms with Crippen molar-refractivity contribution in [3.63, 3.8) is 0 Å². The van der Waals surface area contributed by atoms with Crippen LogP contribution in [-0.4, -0.2) is 27.2 Å². The van der Waals surface area contributed by atoms with Gasteiger partial charge in [-0.05, 0) is 37.3 Å². The van der Waals surface area contributed by atoms with E-state index in [1.54, 1.807) is 37.3 Å². The normalized spacial score (nSPS) is 10.4. The molecular weight excluding hydrogens is 400 g/mol. The van der Waals surface area contributed by atoms with Crippen LogP contribution in [0.2, 0.25) is 5.02 Å². The Bertz CT molecular complexity index is 1040. The minimum atomic E-state index is -0.587. The molecule has 0 atom stereocenters. The lowest BCUT2D eigenvalue weighted by molar-refractivity contribution is -0.384. The number of para-hydroxylation sites is 1. The van der Waals surface area contributed by atoms with E-state index in [-0.39, 0.29) is 23.8 Å². The van der Waals surface area contributed by atoms with E-state index in [9.17, 15) is 14.9 Å². The van der Waals surface area contributed by atoms with Crippen LogP contribution < -0.4 is 14.8 Å². The number of nitrogens with zero attached hydrogens (tertiary/aromatic N) is 3. The Labute approximate surface area is 171 Å². The SMILES string of the molecule is CCOc1ccc(NC(=O)c2ccnn2COc2ccccc2Cl)c([N+](=O)[O-])c1. The molecule has 10 heteroatoms. The number of nitro groups is 1. The van der Waals surface area contributed by atoms with Crippen LogP contribution in [0.3, 0.4) is 0 Å². The maximum atomic E-state index is 12.7. The molecule has 2 aromatic carbocycles. The predicted octanol–water partition coefficient (Wildman–Crippen LogP) is 4.13. The molecule has 3 rings (SSSR count). The van der Waals surface area contributed by atoms with Crippen molar-refractivity contribution >= 4 is 28.9 Å². The first-order valence-electron chi connectivity index (χ1n) is 8.61. The second-order valence-electron chi connectivity index (χ2n) is 5.74. The number of nitrogens with one attached hydrogen (secondary N) is 1. The fraction of sp³-hybridized carbons (Fsp3) is 0.158. The van der Waals surface area contributed by atoms with Crippen LogP contribution in [0.4, 0.5) is 11.4 Å².